The van der Waals surface area contributed by atoms with Crippen LogP contribution in [-0.2, 0) is 6.42 Å². The topological polar surface area (TPSA) is 44.0 Å². The van der Waals surface area contributed by atoms with E-state index < -0.39 is 0 Å². The van der Waals surface area contributed by atoms with E-state index in [1.807, 2.05) is 19.9 Å². The summed E-state index contributed by atoms with van der Waals surface area (Å²) in [5, 5.41) is 18.1. The molecule has 0 fully saturated rings. The number of aromatic hydroxyl groups is 1. The second-order valence-corrected chi connectivity index (χ2v) is 4.09. The average molecular weight is 254 g/mol. The highest BCUT2D eigenvalue weighted by atomic mass is 79.9. The number of phenolic OH excluding ortho intramolecular Hbond substituents is 1. The van der Waals surface area contributed by atoms with Crippen molar-refractivity contribution in [2.24, 2.45) is 0 Å². The van der Waals surface area contributed by atoms with Crippen molar-refractivity contribution in [2.75, 3.05) is 0 Å². The van der Waals surface area contributed by atoms with Gasteiger partial charge >= 0.3 is 0 Å². The lowest BCUT2D eigenvalue weighted by Crippen LogP contribution is -1.92. The van der Waals surface area contributed by atoms with Crippen LogP contribution in [0.25, 0.3) is 0 Å². The van der Waals surface area contributed by atoms with E-state index in [2.05, 4.69) is 22.0 Å². The number of halogens is 1. The molecule has 0 aromatic heterocycles. The van der Waals surface area contributed by atoms with Gasteiger partial charge in [-0.25, -0.2) is 0 Å². The molecule has 0 saturated heterocycles. The fourth-order valence-electron chi connectivity index (χ4n) is 1.38. The third kappa shape index (κ3) is 2.08. The van der Waals surface area contributed by atoms with Crippen molar-refractivity contribution in [1.82, 2.24) is 0 Å². The van der Waals surface area contributed by atoms with Crippen molar-refractivity contribution in [3.63, 3.8) is 0 Å². The van der Waals surface area contributed by atoms with Crippen LogP contribution in [0.1, 0.15) is 23.1 Å². The van der Waals surface area contributed by atoms with Gasteiger partial charge in [0, 0.05) is 6.42 Å². The Hall–Kier alpha value is -1.01. The molecule has 1 N–H and O–H groups in total. The maximum absolute atomic E-state index is 9.63. The van der Waals surface area contributed by atoms with Gasteiger partial charge in [-0.15, -0.1) is 0 Å². The molecule has 0 atom stereocenters. The van der Waals surface area contributed by atoms with Gasteiger partial charge in [-0.3, -0.25) is 0 Å². The summed E-state index contributed by atoms with van der Waals surface area (Å²) in [6.07, 6.45) is 1.25. The summed E-state index contributed by atoms with van der Waals surface area (Å²) < 4.78 is 0.741. The molecule has 0 aliphatic heterocycles. The molecule has 0 bridgehead atoms. The minimum atomic E-state index is 0.295. The molecule has 0 unspecified atom stereocenters. The summed E-state index contributed by atoms with van der Waals surface area (Å²) in [5.74, 6) is 0.295. The molecule has 0 heterocycles. The molecule has 0 radical (unpaired) electrons. The highest BCUT2D eigenvalue weighted by Crippen LogP contribution is 2.33. The third-order valence-corrected chi connectivity index (χ3v) is 3.26. The van der Waals surface area contributed by atoms with E-state index in [0.717, 1.165) is 27.6 Å². The Labute approximate surface area is 92.3 Å². The average Bonchev–Trinajstić information content (AvgIpc) is 2.18. The molecular weight excluding hydrogens is 242 g/mol. The quantitative estimate of drug-likeness (QED) is 0.880. The van der Waals surface area contributed by atoms with Crippen LogP contribution in [0.4, 0.5) is 0 Å². The molecule has 3 heteroatoms. The summed E-state index contributed by atoms with van der Waals surface area (Å²) in [7, 11) is 0. The Morgan fingerprint density at radius 2 is 2.14 bits per heavy atom. The number of hydrogen-bond acceptors (Lipinski definition) is 2. The van der Waals surface area contributed by atoms with Crippen molar-refractivity contribution in [3.05, 3.63) is 27.2 Å². The van der Waals surface area contributed by atoms with Gasteiger partial charge in [0.25, 0.3) is 0 Å². The Morgan fingerprint density at radius 3 is 2.71 bits per heavy atom. The van der Waals surface area contributed by atoms with E-state index in [-0.39, 0.29) is 0 Å². The number of phenols is 1. The summed E-state index contributed by atoms with van der Waals surface area (Å²) in [6.45, 7) is 3.80. The minimum absolute atomic E-state index is 0.295. The normalized spacial score (nSPS) is 9.86. The van der Waals surface area contributed by atoms with Crippen LogP contribution in [0.15, 0.2) is 10.5 Å². The van der Waals surface area contributed by atoms with E-state index in [1.54, 1.807) is 0 Å². The Morgan fingerprint density at radius 1 is 1.50 bits per heavy atom. The molecule has 14 heavy (non-hydrogen) atoms. The molecule has 0 aliphatic carbocycles. The third-order valence-electron chi connectivity index (χ3n) is 2.29. The van der Waals surface area contributed by atoms with E-state index in [9.17, 15) is 5.11 Å². The van der Waals surface area contributed by atoms with Crippen molar-refractivity contribution in [3.8, 4) is 11.8 Å². The Kier molecular flexibility index (Phi) is 3.54. The summed E-state index contributed by atoms with van der Waals surface area (Å²) in [6, 6.07) is 4.06. The van der Waals surface area contributed by atoms with Gasteiger partial charge in [-0.2, -0.15) is 5.26 Å². The van der Waals surface area contributed by atoms with Crippen LogP contribution in [0.3, 0.4) is 0 Å². The lowest BCUT2D eigenvalue weighted by molar-refractivity contribution is 0.466. The van der Waals surface area contributed by atoms with Crippen molar-refractivity contribution < 1.29 is 5.11 Å². The Bertz CT molecular complexity index is 393. The van der Waals surface area contributed by atoms with Crippen molar-refractivity contribution >= 4 is 15.9 Å². The lowest BCUT2D eigenvalue weighted by atomic mass is 10.0. The molecule has 0 amide bonds. The molecule has 74 valence electrons. The van der Waals surface area contributed by atoms with Crippen LogP contribution >= 0.6 is 15.9 Å². The summed E-state index contributed by atoms with van der Waals surface area (Å²) >= 11 is 3.34. The fourth-order valence-corrected chi connectivity index (χ4v) is 1.95. The maximum atomic E-state index is 9.63. The molecule has 0 spiro atoms. The smallest absolute Gasteiger partial charge is 0.132 e. The van der Waals surface area contributed by atoms with E-state index in [0.29, 0.717) is 12.2 Å². The number of benzene rings is 1. The van der Waals surface area contributed by atoms with Gasteiger partial charge in [0.15, 0.2) is 0 Å². The molecule has 0 aliphatic rings. The molecule has 1 aromatic carbocycles. The first-order valence-corrected chi connectivity index (χ1v) is 5.21. The first-order chi connectivity index (χ1) is 6.57. The standard InChI is InChI=1S/C11H12BrNO/c1-7-6-9(4-3-5-13)8(2)10(12)11(7)14/h6,14H,3-4H2,1-2H3. The maximum Gasteiger partial charge on any atom is 0.132 e. The van der Waals surface area contributed by atoms with Gasteiger partial charge in [0.05, 0.1) is 10.5 Å². The summed E-state index contributed by atoms with van der Waals surface area (Å²) in [4.78, 5) is 0. The lowest BCUT2D eigenvalue weighted by Gasteiger charge is -2.10. The van der Waals surface area contributed by atoms with Gasteiger partial charge in [0.1, 0.15) is 5.75 Å². The van der Waals surface area contributed by atoms with Gasteiger partial charge < -0.3 is 5.11 Å². The zero-order valence-electron chi connectivity index (χ0n) is 8.26. The van der Waals surface area contributed by atoms with Gasteiger partial charge in [-0.1, -0.05) is 6.07 Å². The van der Waals surface area contributed by atoms with Crippen molar-refractivity contribution in [1.29, 1.82) is 5.26 Å². The monoisotopic (exact) mass is 253 g/mol. The SMILES string of the molecule is Cc1cc(CCC#N)c(C)c(Br)c1O. The number of nitrogens with zero attached hydrogens (tertiary/aromatic N) is 1. The van der Waals surface area contributed by atoms with Crippen LogP contribution in [-0.4, -0.2) is 5.11 Å². The highest BCUT2D eigenvalue weighted by Gasteiger charge is 2.09. The molecule has 0 saturated carbocycles. The second kappa shape index (κ2) is 4.47. The zero-order chi connectivity index (χ0) is 10.7. The predicted molar refractivity (Wildman–Crippen MR) is 59.2 cm³/mol. The molecular formula is C11H12BrNO. The number of aryl methyl sites for hydroxylation is 2. The Balaban J connectivity index is 3.14. The fraction of sp³-hybridized carbons (Fsp3) is 0.364. The number of hydrogen-bond donors (Lipinski definition) is 1. The van der Waals surface area contributed by atoms with Crippen LogP contribution in [0.2, 0.25) is 0 Å². The second-order valence-electron chi connectivity index (χ2n) is 3.30. The zero-order valence-corrected chi connectivity index (χ0v) is 9.85. The molecule has 2 nitrogen and oxygen atoms in total. The number of nitriles is 1. The van der Waals surface area contributed by atoms with Crippen LogP contribution in [0, 0.1) is 25.2 Å². The highest BCUT2D eigenvalue weighted by molar-refractivity contribution is 9.10. The number of rotatable bonds is 2. The van der Waals surface area contributed by atoms with Crippen LogP contribution < -0.4 is 0 Å². The summed E-state index contributed by atoms with van der Waals surface area (Å²) in [5.41, 5.74) is 2.98. The van der Waals surface area contributed by atoms with E-state index in [1.165, 1.54) is 0 Å². The first-order valence-electron chi connectivity index (χ1n) is 4.42. The van der Waals surface area contributed by atoms with Crippen molar-refractivity contribution in [2.45, 2.75) is 26.7 Å². The minimum Gasteiger partial charge on any atom is -0.506 e. The van der Waals surface area contributed by atoms with E-state index in [4.69, 9.17) is 5.26 Å². The van der Waals surface area contributed by atoms with E-state index >= 15 is 0 Å². The molecule has 1 rings (SSSR count). The van der Waals surface area contributed by atoms with Gasteiger partial charge in [-0.05, 0) is 52.9 Å². The predicted octanol–water partition coefficient (Wildman–Crippen LogP) is 3.23. The molecule has 1 aromatic rings. The first kappa shape index (κ1) is 11.1. The van der Waals surface area contributed by atoms with Gasteiger partial charge in [0.2, 0.25) is 0 Å². The van der Waals surface area contributed by atoms with Crippen LogP contribution in [0.5, 0.6) is 5.75 Å². The largest absolute Gasteiger partial charge is 0.506 e.